The normalized spacial score (nSPS) is 13.1. The van der Waals surface area contributed by atoms with E-state index in [4.69, 9.17) is 16.6 Å². The Morgan fingerprint density at radius 1 is 1.14 bits per heavy atom. The van der Waals surface area contributed by atoms with Crippen LogP contribution in [0.3, 0.4) is 0 Å². The maximum Gasteiger partial charge on any atom is 0.330 e. The molecule has 0 fully saturated rings. The summed E-state index contributed by atoms with van der Waals surface area (Å²) < 4.78 is 1.58. The van der Waals surface area contributed by atoms with Gasteiger partial charge < -0.3 is 15.5 Å². The molecule has 0 radical (unpaired) electrons. The highest BCUT2D eigenvalue weighted by Gasteiger charge is 2.33. The molecule has 0 unspecified atom stereocenters. The SMILES string of the molecule is CCCN(CC)C/C=C/C(=O)Nc1cccc(N2C(=O)N(Cc3ccccc3)Cc3cnc(Nc4cn(C)nc4Cl)nc32)c1. The van der Waals surface area contributed by atoms with E-state index < -0.39 is 0 Å². The van der Waals surface area contributed by atoms with E-state index in [9.17, 15) is 9.59 Å². The first-order chi connectivity index (χ1) is 21.3. The number of fused-ring (bicyclic) bond motifs is 1. The molecule has 44 heavy (non-hydrogen) atoms. The molecule has 4 aromatic rings. The lowest BCUT2D eigenvalue weighted by Gasteiger charge is -2.36. The molecule has 0 spiro atoms. The third-order valence-electron chi connectivity index (χ3n) is 7.11. The van der Waals surface area contributed by atoms with Gasteiger partial charge in [-0.25, -0.2) is 14.7 Å². The minimum atomic E-state index is -0.246. The summed E-state index contributed by atoms with van der Waals surface area (Å²) in [5.41, 5.74) is 3.43. The molecule has 3 amide bonds. The lowest BCUT2D eigenvalue weighted by atomic mass is 10.1. The fourth-order valence-corrected chi connectivity index (χ4v) is 5.22. The van der Waals surface area contributed by atoms with Crippen LogP contribution in [0.25, 0.3) is 0 Å². The van der Waals surface area contributed by atoms with Gasteiger partial charge in [-0.05, 0) is 43.3 Å². The second-order valence-corrected chi connectivity index (χ2v) is 10.8. The Balaban J connectivity index is 1.43. The van der Waals surface area contributed by atoms with Gasteiger partial charge in [0.1, 0.15) is 0 Å². The summed E-state index contributed by atoms with van der Waals surface area (Å²) in [6.45, 7) is 7.59. The van der Waals surface area contributed by atoms with E-state index in [2.05, 4.69) is 39.5 Å². The van der Waals surface area contributed by atoms with Crippen molar-refractivity contribution in [3.8, 4) is 0 Å². The number of nitrogens with zero attached hydrogens (tertiary/aromatic N) is 7. The van der Waals surface area contributed by atoms with Crippen LogP contribution in [0.2, 0.25) is 5.15 Å². The Morgan fingerprint density at radius 2 is 1.95 bits per heavy atom. The maximum absolute atomic E-state index is 14.1. The van der Waals surface area contributed by atoms with Crippen molar-refractivity contribution >= 4 is 52.4 Å². The van der Waals surface area contributed by atoms with E-state index in [-0.39, 0.29) is 23.0 Å². The summed E-state index contributed by atoms with van der Waals surface area (Å²) in [5, 5.41) is 10.4. The summed E-state index contributed by atoms with van der Waals surface area (Å²) in [7, 11) is 1.76. The first-order valence-electron chi connectivity index (χ1n) is 14.6. The van der Waals surface area contributed by atoms with Crippen molar-refractivity contribution in [2.75, 3.05) is 35.2 Å². The van der Waals surface area contributed by atoms with E-state index in [0.717, 1.165) is 30.6 Å². The van der Waals surface area contributed by atoms with E-state index in [1.165, 1.54) is 0 Å². The number of hydrogen-bond donors (Lipinski definition) is 2. The quantitative estimate of drug-likeness (QED) is 0.186. The molecule has 2 aromatic heterocycles. The van der Waals surface area contributed by atoms with Gasteiger partial charge in [0.15, 0.2) is 11.0 Å². The zero-order valence-corrected chi connectivity index (χ0v) is 25.8. The summed E-state index contributed by atoms with van der Waals surface area (Å²) in [4.78, 5) is 41.6. The van der Waals surface area contributed by atoms with Crippen LogP contribution in [0, 0.1) is 0 Å². The molecule has 228 valence electrons. The number of urea groups is 1. The van der Waals surface area contributed by atoms with E-state index in [1.807, 2.05) is 42.5 Å². The Hall–Kier alpha value is -4.74. The number of benzene rings is 2. The topological polar surface area (TPSA) is 112 Å². The van der Waals surface area contributed by atoms with Gasteiger partial charge in [0.2, 0.25) is 11.9 Å². The van der Waals surface area contributed by atoms with Crippen LogP contribution in [0.15, 0.2) is 79.1 Å². The average molecular weight is 614 g/mol. The molecule has 1 aliphatic heterocycles. The van der Waals surface area contributed by atoms with Crippen LogP contribution in [0.4, 0.5) is 33.6 Å². The smallest absolute Gasteiger partial charge is 0.322 e. The minimum Gasteiger partial charge on any atom is -0.322 e. The molecule has 12 heteroatoms. The summed E-state index contributed by atoms with van der Waals surface area (Å²) in [6.07, 6.45) is 7.90. The van der Waals surface area contributed by atoms with Crippen LogP contribution in [-0.2, 0) is 24.9 Å². The van der Waals surface area contributed by atoms with Crippen molar-refractivity contribution in [3.63, 3.8) is 0 Å². The Labute approximate surface area is 262 Å². The number of nitrogens with one attached hydrogen (secondary N) is 2. The molecule has 5 rings (SSSR count). The minimum absolute atomic E-state index is 0.243. The number of rotatable bonds is 12. The molecular weight excluding hydrogens is 578 g/mol. The number of aromatic nitrogens is 4. The first kappa shape index (κ1) is 30.7. The van der Waals surface area contributed by atoms with Crippen molar-refractivity contribution in [1.82, 2.24) is 29.5 Å². The molecule has 0 atom stereocenters. The molecular formula is C32H36ClN9O2. The highest BCUT2D eigenvalue weighted by molar-refractivity contribution is 6.32. The Bertz CT molecular complexity index is 1640. The van der Waals surface area contributed by atoms with Gasteiger partial charge >= 0.3 is 6.03 Å². The predicted octanol–water partition coefficient (Wildman–Crippen LogP) is 6.11. The monoisotopic (exact) mass is 613 g/mol. The highest BCUT2D eigenvalue weighted by Crippen LogP contribution is 2.36. The second kappa shape index (κ2) is 14.2. The van der Waals surface area contributed by atoms with Crippen LogP contribution in [0.1, 0.15) is 31.4 Å². The second-order valence-electron chi connectivity index (χ2n) is 10.5. The number of halogens is 1. The number of carbonyl (C=O) groups is 2. The van der Waals surface area contributed by atoms with Gasteiger partial charge in [-0.2, -0.15) is 10.1 Å². The van der Waals surface area contributed by atoms with Gasteiger partial charge in [-0.3, -0.25) is 14.4 Å². The van der Waals surface area contributed by atoms with Crippen LogP contribution in [-0.4, -0.2) is 61.1 Å². The molecule has 0 bridgehead atoms. The number of anilines is 5. The number of aryl methyl sites for hydroxylation is 1. The maximum atomic E-state index is 14.1. The van der Waals surface area contributed by atoms with Crippen molar-refractivity contribution in [1.29, 1.82) is 0 Å². The van der Waals surface area contributed by atoms with Gasteiger partial charge in [-0.15, -0.1) is 0 Å². The zero-order valence-electron chi connectivity index (χ0n) is 25.1. The molecule has 0 saturated carbocycles. The fraction of sp³-hybridized carbons (Fsp3) is 0.281. The summed E-state index contributed by atoms with van der Waals surface area (Å²) >= 11 is 6.25. The van der Waals surface area contributed by atoms with Crippen molar-refractivity contribution in [3.05, 3.63) is 95.4 Å². The van der Waals surface area contributed by atoms with Gasteiger partial charge in [0.05, 0.1) is 17.9 Å². The number of hydrogen-bond acceptors (Lipinski definition) is 7. The number of likely N-dealkylation sites (N-methyl/N-ethyl adjacent to an activating group) is 1. The van der Waals surface area contributed by atoms with Gasteiger partial charge in [0, 0.05) is 49.9 Å². The number of carbonyl (C=O) groups excluding carboxylic acids is 2. The molecule has 1 aliphatic rings. The molecule has 11 nitrogen and oxygen atoms in total. The largest absolute Gasteiger partial charge is 0.330 e. The summed E-state index contributed by atoms with van der Waals surface area (Å²) in [6, 6.07) is 16.7. The van der Waals surface area contributed by atoms with Crippen molar-refractivity contribution in [2.24, 2.45) is 7.05 Å². The third-order valence-corrected chi connectivity index (χ3v) is 7.39. The molecule has 3 heterocycles. The van der Waals surface area contributed by atoms with E-state index in [0.29, 0.717) is 42.5 Å². The standard InChI is InChI=1S/C32H36ClN9O2/c1-4-16-40(5-2)17-10-15-28(43)35-25-13-9-14-26(18-25)42-30-24(21-41(32(42)44)20-23-11-7-6-8-12-23)19-34-31(37-30)36-27-22-39(3)38-29(27)33/h6-15,18-19,22H,4-5,16-17,20-21H2,1-3H3,(H,35,43)(H,34,36,37)/b15-10+. The van der Waals surface area contributed by atoms with Crippen LogP contribution in [0.5, 0.6) is 0 Å². The van der Waals surface area contributed by atoms with Crippen LogP contribution < -0.4 is 15.5 Å². The average Bonchev–Trinajstić information content (AvgIpc) is 3.33. The molecule has 0 saturated heterocycles. The lowest BCUT2D eigenvalue weighted by Crippen LogP contribution is -2.45. The summed E-state index contributed by atoms with van der Waals surface area (Å²) in [5.74, 6) is 0.468. The third kappa shape index (κ3) is 7.42. The predicted molar refractivity (Wildman–Crippen MR) is 173 cm³/mol. The fourth-order valence-electron chi connectivity index (χ4n) is 5.00. The molecule has 2 aromatic carbocycles. The van der Waals surface area contributed by atoms with Crippen molar-refractivity contribution in [2.45, 2.75) is 33.4 Å². The molecule has 2 N–H and O–H groups in total. The van der Waals surface area contributed by atoms with Crippen molar-refractivity contribution < 1.29 is 9.59 Å². The van der Waals surface area contributed by atoms with Gasteiger partial charge in [0.25, 0.3) is 0 Å². The van der Waals surface area contributed by atoms with E-state index in [1.54, 1.807) is 58.2 Å². The number of amides is 3. The van der Waals surface area contributed by atoms with Gasteiger partial charge in [-0.1, -0.05) is 67.9 Å². The van der Waals surface area contributed by atoms with E-state index >= 15 is 0 Å². The highest BCUT2D eigenvalue weighted by atomic mass is 35.5. The Morgan fingerprint density at radius 3 is 2.68 bits per heavy atom. The molecule has 0 aliphatic carbocycles. The lowest BCUT2D eigenvalue weighted by molar-refractivity contribution is -0.111. The zero-order chi connectivity index (χ0) is 31.1. The van der Waals surface area contributed by atoms with Crippen LogP contribution >= 0.6 is 11.6 Å². The Kier molecular flexibility index (Phi) is 9.88. The first-order valence-corrected chi connectivity index (χ1v) is 15.0.